The van der Waals surface area contributed by atoms with Crippen molar-refractivity contribution in [2.24, 2.45) is 0 Å². The zero-order valence-electron chi connectivity index (χ0n) is 9.66. The number of ether oxygens (including phenoxy) is 1. The molecule has 0 atom stereocenters. The summed E-state index contributed by atoms with van der Waals surface area (Å²) in [5, 5.41) is 3.11. The quantitative estimate of drug-likeness (QED) is 0.469. The van der Waals surface area contributed by atoms with Crippen LogP contribution in [0.5, 0.6) is 0 Å². The van der Waals surface area contributed by atoms with Crippen molar-refractivity contribution >= 4 is 17.7 Å². The van der Waals surface area contributed by atoms with Crippen LogP contribution in [-0.2, 0) is 4.74 Å². The van der Waals surface area contributed by atoms with E-state index in [1.54, 1.807) is 23.9 Å². The minimum absolute atomic E-state index is 0.285. The van der Waals surface area contributed by atoms with Crippen LogP contribution in [0.25, 0.3) is 0 Å². The summed E-state index contributed by atoms with van der Waals surface area (Å²) in [6.07, 6.45) is 1.14. The molecule has 0 aromatic heterocycles. The van der Waals surface area contributed by atoms with E-state index in [1.165, 1.54) is 12.0 Å². The van der Waals surface area contributed by atoms with E-state index in [0.717, 1.165) is 18.7 Å². The van der Waals surface area contributed by atoms with E-state index in [0.29, 0.717) is 5.56 Å². The Morgan fingerprint density at radius 3 is 2.62 bits per heavy atom. The van der Waals surface area contributed by atoms with E-state index < -0.39 is 0 Å². The standard InChI is InChI=1S/C12H17NO2S/c1-13-8-3-9-16-11-6-4-10(5-7-11)12(14)15-2/h4-7,13H,3,8-9H2,1-2H3. The Hall–Kier alpha value is -1.00. The molecule has 0 amide bonds. The Labute approximate surface area is 101 Å². The van der Waals surface area contributed by atoms with Crippen LogP contribution in [-0.4, -0.2) is 32.4 Å². The van der Waals surface area contributed by atoms with Gasteiger partial charge in [-0.15, -0.1) is 11.8 Å². The Kier molecular flexibility index (Phi) is 5.96. The number of benzene rings is 1. The predicted molar refractivity (Wildman–Crippen MR) is 67.0 cm³/mol. The summed E-state index contributed by atoms with van der Waals surface area (Å²) in [6, 6.07) is 7.51. The lowest BCUT2D eigenvalue weighted by molar-refractivity contribution is 0.0600. The third-order valence-electron chi connectivity index (χ3n) is 2.12. The molecule has 0 spiro atoms. The minimum Gasteiger partial charge on any atom is -0.465 e. The van der Waals surface area contributed by atoms with E-state index in [1.807, 2.05) is 19.2 Å². The van der Waals surface area contributed by atoms with Crippen molar-refractivity contribution in [3.8, 4) is 0 Å². The second-order valence-corrected chi connectivity index (χ2v) is 4.49. The number of methoxy groups -OCH3 is 1. The van der Waals surface area contributed by atoms with E-state index in [9.17, 15) is 4.79 Å². The van der Waals surface area contributed by atoms with Crippen molar-refractivity contribution in [2.75, 3.05) is 26.5 Å². The van der Waals surface area contributed by atoms with E-state index in [-0.39, 0.29) is 5.97 Å². The van der Waals surface area contributed by atoms with Crippen LogP contribution in [0.4, 0.5) is 0 Å². The van der Waals surface area contributed by atoms with Crippen LogP contribution >= 0.6 is 11.8 Å². The first-order valence-electron chi connectivity index (χ1n) is 5.23. The molecule has 1 aromatic rings. The molecule has 0 aliphatic carbocycles. The average molecular weight is 239 g/mol. The molecule has 0 saturated carbocycles. The summed E-state index contributed by atoms with van der Waals surface area (Å²) in [6.45, 7) is 1.03. The molecular formula is C12H17NO2S. The Morgan fingerprint density at radius 1 is 1.38 bits per heavy atom. The van der Waals surface area contributed by atoms with Crippen molar-refractivity contribution in [1.82, 2.24) is 5.32 Å². The fraction of sp³-hybridized carbons (Fsp3) is 0.417. The monoisotopic (exact) mass is 239 g/mol. The van der Waals surface area contributed by atoms with Crippen LogP contribution in [0, 0.1) is 0 Å². The molecule has 0 radical (unpaired) electrons. The van der Waals surface area contributed by atoms with Gasteiger partial charge in [0.2, 0.25) is 0 Å². The van der Waals surface area contributed by atoms with Crippen molar-refractivity contribution in [1.29, 1.82) is 0 Å². The number of thioether (sulfide) groups is 1. The largest absolute Gasteiger partial charge is 0.465 e. The maximum Gasteiger partial charge on any atom is 0.337 e. The molecule has 0 heterocycles. The maximum absolute atomic E-state index is 11.2. The second kappa shape index (κ2) is 7.30. The maximum atomic E-state index is 11.2. The summed E-state index contributed by atoms with van der Waals surface area (Å²) < 4.78 is 4.64. The van der Waals surface area contributed by atoms with E-state index in [4.69, 9.17) is 0 Å². The molecule has 0 bridgehead atoms. The van der Waals surface area contributed by atoms with Crippen LogP contribution in [0.2, 0.25) is 0 Å². The van der Waals surface area contributed by atoms with Gasteiger partial charge in [0.1, 0.15) is 0 Å². The lowest BCUT2D eigenvalue weighted by Gasteiger charge is -2.03. The van der Waals surface area contributed by atoms with Gasteiger partial charge in [-0.25, -0.2) is 4.79 Å². The number of hydrogen-bond donors (Lipinski definition) is 1. The highest BCUT2D eigenvalue weighted by Crippen LogP contribution is 2.19. The fourth-order valence-electron chi connectivity index (χ4n) is 1.24. The first-order valence-corrected chi connectivity index (χ1v) is 6.22. The van der Waals surface area contributed by atoms with Crippen molar-refractivity contribution in [3.63, 3.8) is 0 Å². The molecule has 4 heteroatoms. The summed E-state index contributed by atoms with van der Waals surface area (Å²) in [4.78, 5) is 12.4. The molecule has 88 valence electrons. The van der Waals surface area contributed by atoms with Gasteiger partial charge in [0.05, 0.1) is 12.7 Å². The second-order valence-electron chi connectivity index (χ2n) is 3.32. The normalized spacial score (nSPS) is 10.1. The zero-order valence-corrected chi connectivity index (χ0v) is 10.5. The van der Waals surface area contributed by atoms with Crippen molar-refractivity contribution < 1.29 is 9.53 Å². The molecule has 0 saturated heterocycles. The zero-order chi connectivity index (χ0) is 11.8. The molecule has 0 aliphatic heterocycles. The molecule has 1 aromatic carbocycles. The molecule has 1 N–H and O–H groups in total. The number of carbonyl (C=O) groups is 1. The third-order valence-corrected chi connectivity index (χ3v) is 3.21. The number of carbonyl (C=O) groups excluding carboxylic acids is 1. The van der Waals surface area contributed by atoms with Crippen molar-refractivity contribution in [2.45, 2.75) is 11.3 Å². The predicted octanol–water partition coefficient (Wildman–Crippen LogP) is 2.17. The molecular weight excluding hydrogens is 222 g/mol. The van der Waals surface area contributed by atoms with Gasteiger partial charge in [0.25, 0.3) is 0 Å². The molecule has 0 fully saturated rings. The van der Waals surface area contributed by atoms with Crippen molar-refractivity contribution in [3.05, 3.63) is 29.8 Å². The highest BCUT2D eigenvalue weighted by atomic mass is 32.2. The average Bonchev–Trinajstić information content (AvgIpc) is 2.34. The number of hydrogen-bond acceptors (Lipinski definition) is 4. The van der Waals surface area contributed by atoms with Crippen LogP contribution in [0.15, 0.2) is 29.2 Å². The van der Waals surface area contributed by atoms with Gasteiger partial charge in [0.15, 0.2) is 0 Å². The van der Waals surface area contributed by atoms with Gasteiger partial charge in [-0.3, -0.25) is 0 Å². The Bertz CT molecular complexity index is 324. The number of esters is 1. The summed E-state index contributed by atoms with van der Waals surface area (Å²) in [5.74, 6) is 0.796. The van der Waals surface area contributed by atoms with Gasteiger partial charge in [-0.1, -0.05) is 0 Å². The molecule has 1 rings (SSSR count). The highest BCUT2D eigenvalue weighted by molar-refractivity contribution is 7.99. The van der Waals surface area contributed by atoms with Crippen LogP contribution in [0.1, 0.15) is 16.8 Å². The first-order chi connectivity index (χ1) is 7.77. The molecule has 0 aliphatic rings. The summed E-state index contributed by atoms with van der Waals surface area (Å²) >= 11 is 1.80. The topological polar surface area (TPSA) is 38.3 Å². The fourth-order valence-corrected chi connectivity index (χ4v) is 2.10. The lowest BCUT2D eigenvalue weighted by atomic mass is 10.2. The van der Waals surface area contributed by atoms with E-state index in [2.05, 4.69) is 10.1 Å². The highest BCUT2D eigenvalue weighted by Gasteiger charge is 2.03. The van der Waals surface area contributed by atoms with Crippen LogP contribution < -0.4 is 5.32 Å². The SMILES string of the molecule is CNCCCSc1ccc(C(=O)OC)cc1. The van der Waals surface area contributed by atoms with Gasteiger partial charge in [-0.05, 0) is 50.0 Å². The van der Waals surface area contributed by atoms with Gasteiger partial charge >= 0.3 is 5.97 Å². The lowest BCUT2D eigenvalue weighted by Crippen LogP contribution is -2.07. The van der Waals surface area contributed by atoms with Gasteiger partial charge in [-0.2, -0.15) is 0 Å². The minimum atomic E-state index is -0.285. The van der Waals surface area contributed by atoms with Gasteiger partial charge < -0.3 is 10.1 Å². The molecule has 16 heavy (non-hydrogen) atoms. The Morgan fingerprint density at radius 2 is 2.06 bits per heavy atom. The summed E-state index contributed by atoms with van der Waals surface area (Å²) in [5.41, 5.74) is 0.599. The molecule has 0 unspecified atom stereocenters. The number of rotatable bonds is 6. The van der Waals surface area contributed by atoms with Gasteiger partial charge in [0, 0.05) is 4.90 Å². The molecule has 3 nitrogen and oxygen atoms in total. The Balaban J connectivity index is 2.42. The van der Waals surface area contributed by atoms with Crippen LogP contribution in [0.3, 0.4) is 0 Å². The third kappa shape index (κ3) is 4.24. The first kappa shape index (κ1) is 13.1. The number of nitrogens with one attached hydrogen (secondary N) is 1. The summed E-state index contributed by atoms with van der Waals surface area (Å²) in [7, 11) is 3.35. The smallest absolute Gasteiger partial charge is 0.337 e. The van der Waals surface area contributed by atoms with E-state index >= 15 is 0 Å².